The summed E-state index contributed by atoms with van der Waals surface area (Å²) < 4.78 is 21.8. The van der Waals surface area contributed by atoms with Gasteiger partial charge >= 0.3 is 0 Å². The molecule has 1 heterocycles. The molecule has 0 atom stereocenters. The number of nitrogens with one attached hydrogen (secondary N) is 1. The molecule has 0 unspecified atom stereocenters. The zero-order chi connectivity index (χ0) is 23.6. The summed E-state index contributed by atoms with van der Waals surface area (Å²) in [5, 5.41) is 2.81. The molecule has 4 aromatic rings. The topological polar surface area (TPSA) is 56.2 Å². The van der Waals surface area contributed by atoms with Crippen LogP contribution in [0, 0.1) is 5.82 Å². The number of benzene rings is 3. The van der Waals surface area contributed by atoms with Gasteiger partial charge in [-0.2, -0.15) is 0 Å². The highest BCUT2D eigenvalue weighted by molar-refractivity contribution is 5.94. The molecule has 1 aromatic heterocycles. The number of carbonyl (C=O) groups excluding carboxylic acids is 1. The lowest BCUT2D eigenvalue weighted by Gasteiger charge is -2.11. The van der Waals surface area contributed by atoms with Crippen molar-refractivity contribution in [2.45, 2.75) is 38.6 Å². The number of unbranched alkanes of at least 4 members (excludes halogenated alkanes) is 2. The number of carbonyl (C=O) groups is 1. The Labute approximate surface area is 199 Å². The van der Waals surface area contributed by atoms with Crippen LogP contribution in [0.3, 0.4) is 0 Å². The largest absolute Gasteiger partial charge is 0.494 e. The third-order valence-corrected chi connectivity index (χ3v) is 5.75. The number of aryl methyl sites for hydroxylation is 2. The third kappa shape index (κ3) is 6.22. The first-order valence-corrected chi connectivity index (χ1v) is 11.9. The number of nitrogens with zero attached hydrogens (tertiary/aromatic N) is 2. The van der Waals surface area contributed by atoms with Gasteiger partial charge in [0, 0.05) is 19.5 Å². The highest BCUT2D eigenvalue weighted by Crippen LogP contribution is 2.19. The molecule has 0 aliphatic carbocycles. The first-order valence-electron chi connectivity index (χ1n) is 11.9. The van der Waals surface area contributed by atoms with Crippen LogP contribution in [0.15, 0.2) is 78.9 Å². The van der Waals surface area contributed by atoms with E-state index in [2.05, 4.69) is 16.0 Å². The van der Waals surface area contributed by atoms with Gasteiger partial charge in [0.2, 0.25) is 0 Å². The zero-order valence-electron chi connectivity index (χ0n) is 19.3. The van der Waals surface area contributed by atoms with Crippen molar-refractivity contribution in [2.24, 2.45) is 0 Å². The molecule has 1 amide bonds. The van der Waals surface area contributed by atoms with Crippen molar-refractivity contribution in [3.8, 4) is 5.75 Å². The third-order valence-electron chi connectivity index (χ3n) is 5.75. The molecule has 176 valence electrons. The molecule has 0 spiro atoms. The zero-order valence-corrected chi connectivity index (χ0v) is 19.3. The standard InChI is InChI=1S/C28H30FN3O2/c29-24-15-7-6-14-23(24)28(33)30-19-10-2-5-18-27-31-25-16-8-9-17-26(25)32(27)20-11-21-34-22-12-3-1-4-13-22/h1,3-4,6-9,12-17H,2,5,10-11,18-21H2,(H,30,33). The fourth-order valence-corrected chi connectivity index (χ4v) is 4.02. The molecule has 0 radical (unpaired) electrons. The smallest absolute Gasteiger partial charge is 0.254 e. The fourth-order valence-electron chi connectivity index (χ4n) is 4.02. The maximum absolute atomic E-state index is 13.7. The van der Waals surface area contributed by atoms with Crippen molar-refractivity contribution in [1.82, 2.24) is 14.9 Å². The van der Waals surface area contributed by atoms with Gasteiger partial charge < -0.3 is 14.6 Å². The molecular formula is C28H30FN3O2. The van der Waals surface area contributed by atoms with Crippen molar-refractivity contribution in [3.05, 3.63) is 96.1 Å². The first-order chi connectivity index (χ1) is 16.7. The lowest BCUT2D eigenvalue weighted by molar-refractivity contribution is 0.0949. The number of imidazole rings is 1. The van der Waals surface area contributed by atoms with E-state index >= 15 is 0 Å². The number of amides is 1. The summed E-state index contributed by atoms with van der Waals surface area (Å²) in [4.78, 5) is 17.0. The van der Waals surface area contributed by atoms with Gasteiger partial charge in [-0.05, 0) is 55.7 Å². The molecule has 4 rings (SSSR count). The lowest BCUT2D eigenvalue weighted by Crippen LogP contribution is -2.25. The van der Waals surface area contributed by atoms with Crippen LogP contribution in [-0.4, -0.2) is 28.6 Å². The van der Waals surface area contributed by atoms with Crippen LogP contribution in [0.2, 0.25) is 0 Å². The Balaban J connectivity index is 1.24. The number of rotatable bonds is 12. The minimum absolute atomic E-state index is 0.0902. The molecule has 0 fully saturated rings. The first kappa shape index (κ1) is 23.5. The summed E-state index contributed by atoms with van der Waals surface area (Å²) in [5.41, 5.74) is 2.25. The fraction of sp³-hybridized carbons (Fsp3) is 0.286. The van der Waals surface area contributed by atoms with Gasteiger partial charge in [-0.3, -0.25) is 4.79 Å². The van der Waals surface area contributed by atoms with Gasteiger partial charge in [0.1, 0.15) is 17.4 Å². The molecule has 0 aliphatic rings. The molecule has 5 nitrogen and oxygen atoms in total. The summed E-state index contributed by atoms with van der Waals surface area (Å²) in [7, 11) is 0. The van der Waals surface area contributed by atoms with Crippen molar-refractivity contribution >= 4 is 16.9 Å². The van der Waals surface area contributed by atoms with Crippen LogP contribution < -0.4 is 10.1 Å². The van der Waals surface area contributed by atoms with E-state index in [1.165, 1.54) is 12.1 Å². The van der Waals surface area contributed by atoms with E-state index < -0.39 is 5.82 Å². The number of halogens is 1. The molecule has 1 N–H and O–H groups in total. The second-order valence-electron chi connectivity index (χ2n) is 8.23. The SMILES string of the molecule is O=C(NCCCCCc1nc2ccccc2n1CCCOc1ccccc1)c1ccccc1F. The van der Waals surface area contributed by atoms with Gasteiger partial charge in [-0.1, -0.05) is 48.9 Å². The average molecular weight is 460 g/mol. The molecule has 0 saturated carbocycles. The predicted molar refractivity (Wildman–Crippen MR) is 133 cm³/mol. The number of hydrogen-bond donors (Lipinski definition) is 1. The minimum Gasteiger partial charge on any atom is -0.494 e. The van der Waals surface area contributed by atoms with Crippen molar-refractivity contribution < 1.29 is 13.9 Å². The summed E-state index contributed by atoms with van der Waals surface area (Å²) in [6, 6.07) is 24.1. The Morgan fingerprint density at radius 3 is 2.50 bits per heavy atom. The summed E-state index contributed by atoms with van der Waals surface area (Å²) >= 11 is 0. The van der Waals surface area contributed by atoms with Gasteiger partial charge in [0.25, 0.3) is 5.91 Å². The lowest BCUT2D eigenvalue weighted by atomic mass is 10.1. The van der Waals surface area contributed by atoms with Crippen LogP contribution in [-0.2, 0) is 13.0 Å². The van der Waals surface area contributed by atoms with Crippen LogP contribution in [0.1, 0.15) is 41.9 Å². The predicted octanol–water partition coefficient (Wildman–Crippen LogP) is 5.79. The van der Waals surface area contributed by atoms with E-state index in [0.717, 1.165) is 61.3 Å². The highest BCUT2D eigenvalue weighted by atomic mass is 19.1. The average Bonchev–Trinajstić information content (AvgIpc) is 3.22. The molecule has 6 heteroatoms. The van der Waals surface area contributed by atoms with E-state index in [4.69, 9.17) is 9.72 Å². The van der Waals surface area contributed by atoms with Crippen LogP contribution >= 0.6 is 0 Å². The molecular weight excluding hydrogens is 429 g/mol. The monoisotopic (exact) mass is 459 g/mol. The molecule has 3 aromatic carbocycles. The Morgan fingerprint density at radius 1 is 0.882 bits per heavy atom. The maximum Gasteiger partial charge on any atom is 0.254 e. The number of aromatic nitrogens is 2. The number of fused-ring (bicyclic) bond motifs is 1. The van der Waals surface area contributed by atoms with Crippen LogP contribution in [0.5, 0.6) is 5.75 Å². The number of ether oxygens (including phenoxy) is 1. The number of para-hydroxylation sites is 3. The van der Waals surface area contributed by atoms with Gasteiger partial charge in [-0.25, -0.2) is 9.37 Å². The Kier molecular flexibility index (Phi) is 8.27. The van der Waals surface area contributed by atoms with Crippen molar-refractivity contribution in [2.75, 3.05) is 13.2 Å². The quantitative estimate of drug-likeness (QED) is 0.273. The Bertz CT molecular complexity index is 1210. The second kappa shape index (κ2) is 12.0. The summed E-state index contributed by atoms with van der Waals surface area (Å²) in [6.45, 7) is 2.03. The van der Waals surface area contributed by atoms with Crippen LogP contribution in [0.25, 0.3) is 11.0 Å². The van der Waals surface area contributed by atoms with Gasteiger partial charge in [0.05, 0.1) is 23.2 Å². The second-order valence-corrected chi connectivity index (χ2v) is 8.23. The van der Waals surface area contributed by atoms with Gasteiger partial charge in [0.15, 0.2) is 0 Å². The van der Waals surface area contributed by atoms with Crippen LogP contribution in [0.4, 0.5) is 4.39 Å². The van der Waals surface area contributed by atoms with E-state index in [1.807, 2.05) is 48.5 Å². The normalized spacial score (nSPS) is 11.0. The molecule has 0 aliphatic heterocycles. The van der Waals surface area contributed by atoms with E-state index in [1.54, 1.807) is 12.1 Å². The van der Waals surface area contributed by atoms with Crippen molar-refractivity contribution in [1.29, 1.82) is 0 Å². The molecule has 34 heavy (non-hydrogen) atoms. The van der Waals surface area contributed by atoms with E-state index in [-0.39, 0.29) is 11.5 Å². The molecule has 0 saturated heterocycles. The molecule has 0 bridgehead atoms. The van der Waals surface area contributed by atoms with E-state index in [0.29, 0.717) is 13.2 Å². The Morgan fingerprint density at radius 2 is 1.65 bits per heavy atom. The Hall–Kier alpha value is -3.67. The minimum atomic E-state index is -0.493. The van der Waals surface area contributed by atoms with Crippen molar-refractivity contribution in [3.63, 3.8) is 0 Å². The number of hydrogen-bond acceptors (Lipinski definition) is 3. The summed E-state index contributed by atoms with van der Waals surface area (Å²) in [5.74, 6) is 1.11. The maximum atomic E-state index is 13.7. The van der Waals surface area contributed by atoms with Gasteiger partial charge in [-0.15, -0.1) is 0 Å². The summed E-state index contributed by atoms with van der Waals surface area (Å²) in [6.07, 6.45) is 4.53. The highest BCUT2D eigenvalue weighted by Gasteiger charge is 2.11. The van der Waals surface area contributed by atoms with E-state index in [9.17, 15) is 9.18 Å².